The molecule has 3 rings (SSSR count). The summed E-state index contributed by atoms with van der Waals surface area (Å²) >= 11 is 0. The topological polar surface area (TPSA) is 42.7 Å². The fraction of sp³-hybridized carbons (Fsp3) is 0.500. The van der Waals surface area contributed by atoms with Crippen LogP contribution < -0.4 is 0 Å². The maximum absolute atomic E-state index is 12.7. The average Bonchev–Trinajstić information content (AvgIpc) is 3.14. The number of furan rings is 1. The minimum Gasteiger partial charge on any atom is -0.451 e. The van der Waals surface area contributed by atoms with Crippen molar-refractivity contribution in [3.8, 4) is 0 Å². The Kier molecular flexibility index (Phi) is 4.21. The van der Waals surface area contributed by atoms with E-state index in [-0.39, 0.29) is 5.91 Å². The van der Waals surface area contributed by atoms with Gasteiger partial charge >= 0.3 is 0 Å². The van der Waals surface area contributed by atoms with Crippen molar-refractivity contribution in [2.24, 2.45) is 5.92 Å². The van der Waals surface area contributed by atoms with Gasteiger partial charge in [-0.05, 0) is 56.5 Å². The molecular formula is C18H23NO3. The van der Waals surface area contributed by atoms with Crippen LogP contribution >= 0.6 is 0 Å². The molecule has 0 unspecified atom stereocenters. The molecule has 1 amide bonds. The minimum atomic E-state index is -0.0269. The summed E-state index contributed by atoms with van der Waals surface area (Å²) in [5.41, 5.74) is 3.17. The molecule has 2 heterocycles. The summed E-state index contributed by atoms with van der Waals surface area (Å²) in [7, 11) is 0. The van der Waals surface area contributed by atoms with Gasteiger partial charge in [0.15, 0.2) is 5.76 Å². The van der Waals surface area contributed by atoms with Gasteiger partial charge in [-0.2, -0.15) is 0 Å². The van der Waals surface area contributed by atoms with Gasteiger partial charge in [0, 0.05) is 31.0 Å². The number of carbonyl (C=O) groups excluding carboxylic acids is 1. The molecule has 1 aromatic carbocycles. The lowest BCUT2D eigenvalue weighted by Gasteiger charge is -2.22. The first kappa shape index (κ1) is 15.1. The van der Waals surface area contributed by atoms with Crippen molar-refractivity contribution in [2.75, 3.05) is 26.3 Å². The van der Waals surface area contributed by atoms with Crippen molar-refractivity contribution in [2.45, 2.75) is 27.2 Å². The van der Waals surface area contributed by atoms with Crippen molar-refractivity contribution in [3.05, 3.63) is 35.1 Å². The highest BCUT2D eigenvalue weighted by Gasteiger charge is 2.24. The van der Waals surface area contributed by atoms with Crippen LogP contribution in [0.25, 0.3) is 11.0 Å². The van der Waals surface area contributed by atoms with E-state index in [1.54, 1.807) is 0 Å². The lowest BCUT2D eigenvalue weighted by molar-refractivity contribution is 0.0701. The number of ether oxygens (including phenoxy) is 1. The van der Waals surface area contributed by atoms with Gasteiger partial charge in [-0.25, -0.2) is 0 Å². The Hall–Kier alpha value is -1.81. The van der Waals surface area contributed by atoms with E-state index in [2.05, 4.69) is 19.9 Å². The number of benzene rings is 1. The van der Waals surface area contributed by atoms with Gasteiger partial charge < -0.3 is 14.1 Å². The quantitative estimate of drug-likeness (QED) is 0.867. The second-order valence-corrected chi connectivity index (χ2v) is 6.16. The Morgan fingerprint density at radius 2 is 2.05 bits per heavy atom. The summed E-state index contributed by atoms with van der Waals surface area (Å²) in [6.45, 7) is 9.11. The molecule has 1 aliphatic heterocycles. The third-order valence-corrected chi connectivity index (χ3v) is 4.51. The molecule has 0 N–H and O–H groups in total. The van der Waals surface area contributed by atoms with Gasteiger partial charge in [0.2, 0.25) is 0 Å². The van der Waals surface area contributed by atoms with Crippen molar-refractivity contribution < 1.29 is 13.9 Å². The van der Waals surface area contributed by atoms with Crippen molar-refractivity contribution >= 4 is 16.9 Å². The maximum atomic E-state index is 12.7. The van der Waals surface area contributed by atoms with Crippen molar-refractivity contribution in [3.63, 3.8) is 0 Å². The van der Waals surface area contributed by atoms with Crippen molar-refractivity contribution in [1.82, 2.24) is 4.90 Å². The molecule has 0 aliphatic carbocycles. The summed E-state index contributed by atoms with van der Waals surface area (Å²) in [5, 5.41) is 0.992. The summed E-state index contributed by atoms with van der Waals surface area (Å²) < 4.78 is 11.2. The van der Waals surface area contributed by atoms with Crippen LogP contribution in [-0.4, -0.2) is 37.1 Å². The van der Waals surface area contributed by atoms with Gasteiger partial charge in [-0.3, -0.25) is 4.79 Å². The van der Waals surface area contributed by atoms with Crippen LogP contribution in [-0.2, 0) is 4.74 Å². The number of aryl methyl sites for hydroxylation is 2. The summed E-state index contributed by atoms with van der Waals surface area (Å²) in [6.07, 6.45) is 1.03. The molecule has 1 aromatic heterocycles. The molecule has 1 atom stereocenters. The molecule has 22 heavy (non-hydrogen) atoms. The van der Waals surface area contributed by atoms with Gasteiger partial charge in [0.1, 0.15) is 5.58 Å². The van der Waals surface area contributed by atoms with Gasteiger partial charge in [-0.15, -0.1) is 0 Å². The van der Waals surface area contributed by atoms with E-state index in [1.807, 2.05) is 24.0 Å². The Balaban J connectivity index is 1.83. The number of fused-ring (bicyclic) bond motifs is 1. The molecule has 1 saturated heterocycles. The number of nitrogens with zero attached hydrogens (tertiary/aromatic N) is 1. The zero-order valence-electron chi connectivity index (χ0n) is 13.5. The predicted octanol–water partition coefficient (Wildman–Crippen LogP) is 3.55. The largest absolute Gasteiger partial charge is 0.451 e. The molecular weight excluding hydrogens is 278 g/mol. The first-order chi connectivity index (χ1) is 10.6. The Labute approximate surface area is 131 Å². The van der Waals surface area contributed by atoms with E-state index < -0.39 is 0 Å². The molecule has 4 nitrogen and oxygen atoms in total. The van der Waals surface area contributed by atoms with Gasteiger partial charge in [0.25, 0.3) is 5.91 Å². The van der Waals surface area contributed by atoms with Crippen molar-refractivity contribution in [1.29, 1.82) is 0 Å². The molecule has 0 radical (unpaired) electrons. The SMILES string of the molecule is CCN(C[C@H]1CCOC1)C(=O)c1cc2cc(C)c(C)cc2o1. The van der Waals surface area contributed by atoms with E-state index >= 15 is 0 Å². The van der Waals surface area contributed by atoms with Gasteiger partial charge in [-0.1, -0.05) is 0 Å². The summed E-state index contributed by atoms with van der Waals surface area (Å²) in [5.74, 6) is 0.847. The van der Waals surface area contributed by atoms with Gasteiger partial charge in [0.05, 0.1) is 6.61 Å². The van der Waals surface area contributed by atoms with Crippen LogP contribution in [0.2, 0.25) is 0 Å². The Bertz CT molecular complexity index is 644. The normalized spacial score (nSPS) is 18.0. The number of hydrogen-bond acceptors (Lipinski definition) is 3. The molecule has 1 aliphatic rings. The van der Waals surface area contributed by atoms with Crippen LogP contribution in [0.4, 0.5) is 0 Å². The first-order valence-electron chi connectivity index (χ1n) is 7.96. The average molecular weight is 301 g/mol. The second kappa shape index (κ2) is 6.13. The molecule has 0 spiro atoms. The minimum absolute atomic E-state index is 0.0269. The first-order valence-corrected chi connectivity index (χ1v) is 7.96. The highest BCUT2D eigenvalue weighted by molar-refractivity contribution is 5.96. The van der Waals surface area contributed by atoms with E-state index in [1.165, 1.54) is 11.1 Å². The second-order valence-electron chi connectivity index (χ2n) is 6.16. The van der Waals surface area contributed by atoms with E-state index in [0.29, 0.717) is 18.2 Å². The fourth-order valence-electron chi connectivity index (χ4n) is 2.96. The predicted molar refractivity (Wildman–Crippen MR) is 86.2 cm³/mol. The zero-order chi connectivity index (χ0) is 15.7. The Morgan fingerprint density at radius 1 is 1.27 bits per heavy atom. The smallest absolute Gasteiger partial charge is 0.289 e. The highest BCUT2D eigenvalue weighted by atomic mass is 16.5. The number of carbonyl (C=O) groups is 1. The standard InChI is InChI=1S/C18H23NO3/c1-4-19(10-14-5-6-21-11-14)18(20)17-9-15-7-12(2)13(3)8-16(15)22-17/h7-9,14H,4-6,10-11H2,1-3H3/t14-/m1/s1. The third kappa shape index (κ3) is 2.88. The lowest BCUT2D eigenvalue weighted by Crippen LogP contribution is -2.35. The molecule has 0 bridgehead atoms. The van der Waals surface area contributed by atoms with Crippen LogP contribution in [0.3, 0.4) is 0 Å². The fourth-order valence-corrected chi connectivity index (χ4v) is 2.96. The molecule has 2 aromatic rings. The summed E-state index contributed by atoms with van der Waals surface area (Å²) in [4.78, 5) is 14.6. The Morgan fingerprint density at radius 3 is 2.73 bits per heavy atom. The van der Waals surface area contributed by atoms with E-state index in [9.17, 15) is 4.79 Å². The monoisotopic (exact) mass is 301 g/mol. The highest BCUT2D eigenvalue weighted by Crippen LogP contribution is 2.24. The third-order valence-electron chi connectivity index (χ3n) is 4.51. The molecule has 118 valence electrons. The molecule has 0 saturated carbocycles. The van der Waals surface area contributed by atoms with Crippen LogP contribution in [0.15, 0.2) is 22.6 Å². The number of hydrogen-bond donors (Lipinski definition) is 0. The molecule has 4 heteroatoms. The van der Waals surface area contributed by atoms with Crippen LogP contribution in [0.5, 0.6) is 0 Å². The summed E-state index contributed by atoms with van der Waals surface area (Å²) in [6, 6.07) is 5.94. The van der Waals surface area contributed by atoms with E-state index in [0.717, 1.165) is 37.1 Å². The van der Waals surface area contributed by atoms with Crippen LogP contribution in [0.1, 0.15) is 35.0 Å². The lowest BCUT2D eigenvalue weighted by atomic mass is 10.1. The maximum Gasteiger partial charge on any atom is 0.289 e. The number of rotatable bonds is 4. The molecule has 1 fully saturated rings. The zero-order valence-corrected chi connectivity index (χ0v) is 13.5. The van der Waals surface area contributed by atoms with Crippen LogP contribution in [0, 0.1) is 19.8 Å². The number of amides is 1. The van der Waals surface area contributed by atoms with E-state index in [4.69, 9.17) is 9.15 Å².